The average Bonchev–Trinajstić information content (AvgIpc) is 2.00. The van der Waals surface area contributed by atoms with Crippen molar-refractivity contribution in [3.8, 4) is 0 Å². The maximum Gasteiger partial charge on any atom is 0.168 e. The summed E-state index contributed by atoms with van der Waals surface area (Å²) in [5, 5.41) is 3.12. The molecule has 0 saturated carbocycles. The van der Waals surface area contributed by atoms with Crippen LogP contribution in [0.25, 0.3) is 0 Å². The highest BCUT2D eigenvalue weighted by molar-refractivity contribution is 6.00. The molecule has 1 aromatic carbocycles. The normalized spacial score (nSPS) is 16.4. The minimum Gasteiger partial charge on any atom is -0.315 e. The summed E-state index contributed by atoms with van der Waals surface area (Å²) in [4.78, 5) is 11.9. The average molecular weight is 189 g/mol. The zero-order valence-electron chi connectivity index (χ0n) is 8.63. The second kappa shape index (κ2) is 3.54. The third-order valence-electron chi connectivity index (χ3n) is 2.80. The molecule has 0 aliphatic carbocycles. The Bertz CT molecular complexity index is 367. The summed E-state index contributed by atoms with van der Waals surface area (Å²) in [6, 6.07) is 6.02. The van der Waals surface area contributed by atoms with Gasteiger partial charge in [0.15, 0.2) is 5.78 Å². The van der Waals surface area contributed by atoms with Gasteiger partial charge in [0, 0.05) is 24.6 Å². The number of rotatable bonds is 2. The van der Waals surface area contributed by atoms with Gasteiger partial charge in [-0.2, -0.15) is 0 Å². The fraction of sp³-hybridized carbons (Fsp3) is 0.417. The Morgan fingerprint density at radius 2 is 2.07 bits per heavy atom. The summed E-state index contributed by atoms with van der Waals surface area (Å²) < 4.78 is 0. The van der Waals surface area contributed by atoms with Crippen LogP contribution in [0, 0.1) is 19.8 Å². The van der Waals surface area contributed by atoms with E-state index in [2.05, 4.69) is 11.4 Å². The van der Waals surface area contributed by atoms with Crippen LogP contribution in [0.4, 0.5) is 0 Å². The van der Waals surface area contributed by atoms with Crippen molar-refractivity contribution >= 4 is 5.78 Å². The molecule has 1 saturated heterocycles. The van der Waals surface area contributed by atoms with Crippen molar-refractivity contribution in [1.29, 1.82) is 0 Å². The Morgan fingerprint density at radius 1 is 1.36 bits per heavy atom. The zero-order chi connectivity index (χ0) is 10.1. The van der Waals surface area contributed by atoms with Crippen LogP contribution in [0.1, 0.15) is 21.5 Å². The molecule has 2 rings (SSSR count). The van der Waals surface area contributed by atoms with E-state index < -0.39 is 0 Å². The van der Waals surface area contributed by atoms with Crippen LogP contribution in [-0.4, -0.2) is 18.9 Å². The van der Waals surface area contributed by atoms with Gasteiger partial charge in [0.05, 0.1) is 0 Å². The molecule has 1 aliphatic heterocycles. The molecule has 1 fully saturated rings. The fourth-order valence-corrected chi connectivity index (χ4v) is 1.78. The molecule has 14 heavy (non-hydrogen) atoms. The Balaban J connectivity index is 2.26. The van der Waals surface area contributed by atoms with Crippen LogP contribution in [0.15, 0.2) is 18.2 Å². The van der Waals surface area contributed by atoms with Crippen LogP contribution in [0.5, 0.6) is 0 Å². The number of Topliss-reactive ketones (excluding diaryl/α,β-unsaturated/α-hetero) is 1. The van der Waals surface area contributed by atoms with Gasteiger partial charge in [-0.15, -0.1) is 0 Å². The monoisotopic (exact) mass is 189 g/mol. The lowest BCUT2D eigenvalue weighted by molar-refractivity contribution is 0.0877. The topological polar surface area (TPSA) is 29.1 Å². The SMILES string of the molecule is Cc1ccc(C(=O)C2CNC2)c(C)c1. The largest absolute Gasteiger partial charge is 0.315 e. The summed E-state index contributed by atoms with van der Waals surface area (Å²) >= 11 is 0. The summed E-state index contributed by atoms with van der Waals surface area (Å²) in [5.41, 5.74) is 3.20. The third kappa shape index (κ3) is 1.58. The highest BCUT2D eigenvalue weighted by Crippen LogP contribution is 2.17. The number of aryl methyl sites for hydroxylation is 2. The molecule has 74 valence electrons. The molecule has 0 amide bonds. The van der Waals surface area contributed by atoms with Crippen molar-refractivity contribution in [2.24, 2.45) is 5.92 Å². The molecule has 0 spiro atoms. The van der Waals surface area contributed by atoms with E-state index in [0.717, 1.165) is 24.2 Å². The molecule has 1 N–H and O–H groups in total. The second-order valence-corrected chi connectivity index (χ2v) is 4.04. The first-order valence-corrected chi connectivity index (χ1v) is 5.00. The summed E-state index contributed by atoms with van der Waals surface area (Å²) in [6.45, 7) is 5.73. The Hall–Kier alpha value is -1.15. The molecule has 0 atom stereocenters. The molecule has 1 aliphatic rings. The first-order chi connectivity index (χ1) is 6.68. The first-order valence-electron chi connectivity index (χ1n) is 5.00. The van der Waals surface area contributed by atoms with E-state index >= 15 is 0 Å². The van der Waals surface area contributed by atoms with Gasteiger partial charge < -0.3 is 5.32 Å². The minimum absolute atomic E-state index is 0.205. The lowest BCUT2D eigenvalue weighted by Gasteiger charge is -2.26. The Labute approximate surface area is 84.3 Å². The molecule has 2 heteroatoms. The minimum atomic E-state index is 0.205. The molecular formula is C12H15NO. The maximum atomic E-state index is 11.9. The van der Waals surface area contributed by atoms with Crippen molar-refractivity contribution in [2.45, 2.75) is 13.8 Å². The summed E-state index contributed by atoms with van der Waals surface area (Å²) in [7, 11) is 0. The predicted molar refractivity (Wildman–Crippen MR) is 56.6 cm³/mol. The van der Waals surface area contributed by atoms with Crippen molar-refractivity contribution in [3.63, 3.8) is 0 Å². The van der Waals surface area contributed by atoms with Gasteiger partial charge >= 0.3 is 0 Å². The van der Waals surface area contributed by atoms with E-state index in [9.17, 15) is 4.79 Å². The number of nitrogens with one attached hydrogen (secondary N) is 1. The number of benzene rings is 1. The highest BCUT2D eigenvalue weighted by atomic mass is 16.1. The number of ketones is 1. The van der Waals surface area contributed by atoms with Gasteiger partial charge in [-0.3, -0.25) is 4.79 Å². The summed E-state index contributed by atoms with van der Waals surface area (Å²) in [5.74, 6) is 0.498. The molecule has 2 nitrogen and oxygen atoms in total. The van der Waals surface area contributed by atoms with Gasteiger partial charge in [0.25, 0.3) is 0 Å². The van der Waals surface area contributed by atoms with E-state index in [0.29, 0.717) is 5.78 Å². The molecular weight excluding hydrogens is 174 g/mol. The Kier molecular flexibility index (Phi) is 2.38. The zero-order valence-corrected chi connectivity index (χ0v) is 8.63. The Morgan fingerprint density at radius 3 is 2.57 bits per heavy atom. The lowest BCUT2D eigenvalue weighted by atomic mass is 9.90. The standard InChI is InChI=1S/C12H15NO/c1-8-3-4-11(9(2)5-8)12(14)10-6-13-7-10/h3-5,10,13H,6-7H2,1-2H3. The van der Waals surface area contributed by atoms with Gasteiger partial charge in [0.1, 0.15) is 0 Å². The third-order valence-corrected chi connectivity index (χ3v) is 2.80. The maximum absolute atomic E-state index is 11.9. The van der Waals surface area contributed by atoms with E-state index in [1.807, 2.05) is 26.0 Å². The van der Waals surface area contributed by atoms with Crippen molar-refractivity contribution in [3.05, 3.63) is 34.9 Å². The van der Waals surface area contributed by atoms with E-state index in [4.69, 9.17) is 0 Å². The fourth-order valence-electron chi connectivity index (χ4n) is 1.78. The highest BCUT2D eigenvalue weighted by Gasteiger charge is 2.26. The van der Waals surface area contributed by atoms with Crippen molar-refractivity contribution in [1.82, 2.24) is 5.32 Å². The first kappa shape index (κ1) is 9.41. The molecule has 1 aromatic rings. The van der Waals surface area contributed by atoms with Gasteiger partial charge in [-0.05, 0) is 19.4 Å². The second-order valence-electron chi connectivity index (χ2n) is 4.04. The van der Waals surface area contributed by atoms with Gasteiger partial charge in [-0.1, -0.05) is 23.8 Å². The number of hydrogen-bond donors (Lipinski definition) is 1. The van der Waals surface area contributed by atoms with Crippen LogP contribution in [0.2, 0.25) is 0 Å². The molecule has 1 heterocycles. The van der Waals surface area contributed by atoms with E-state index in [-0.39, 0.29) is 5.92 Å². The predicted octanol–water partition coefficient (Wildman–Crippen LogP) is 1.71. The van der Waals surface area contributed by atoms with E-state index in [1.54, 1.807) is 0 Å². The van der Waals surface area contributed by atoms with E-state index in [1.165, 1.54) is 5.56 Å². The molecule has 0 unspecified atom stereocenters. The van der Waals surface area contributed by atoms with Crippen LogP contribution < -0.4 is 5.32 Å². The lowest BCUT2D eigenvalue weighted by Crippen LogP contribution is -2.46. The van der Waals surface area contributed by atoms with Crippen LogP contribution in [-0.2, 0) is 0 Å². The quantitative estimate of drug-likeness (QED) is 0.717. The van der Waals surface area contributed by atoms with Crippen molar-refractivity contribution < 1.29 is 4.79 Å². The molecule has 0 radical (unpaired) electrons. The molecule has 0 bridgehead atoms. The number of carbonyl (C=O) groups excluding carboxylic acids is 1. The van der Waals surface area contributed by atoms with Crippen LogP contribution in [0.3, 0.4) is 0 Å². The number of carbonyl (C=O) groups is 1. The van der Waals surface area contributed by atoms with Crippen LogP contribution >= 0.6 is 0 Å². The smallest absolute Gasteiger partial charge is 0.168 e. The molecule has 0 aromatic heterocycles. The van der Waals surface area contributed by atoms with Gasteiger partial charge in [-0.25, -0.2) is 0 Å². The van der Waals surface area contributed by atoms with Crippen molar-refractivity contribution in [2.75, 3.05) is 13.1 Å². The van der Waals surface area contributed by atoms with Gasteiger partial charge in [0.2, 0.25) is 0 Å². The number of hydrogen-bond acceptors (Lipinski definition) is 2. The summed E-state index contributed by atoms with van der Waals surface area (Å²) in [6.07, 6.45) is 0.